The normalized spacial score (nSPS) is 15.9. The maximum absolute atomic E-state index is 13.5. The lowest BCUT2D eigenvalue weighted by atomic mass is 10.0. The SMILES string of the molecule is CC(C)C(=O)N1CCC(S(=O)(=O)c2ccccc2-c2ccc3occcc2-3)CC1. The molecule has 1 amide bonds. The van der Waals surface area contributed by atoms with E-state index in [2.05, 4.69) is 0 Å². The van der Waals surface area contributed by atoms with Crippen LogP contribution in [0.5, 0.6) is 0 Å². The number of rotatable bonds is 4. The minimum absolute atomic E-state index is 0.0695. The van der Waals surface area contributed by atoms with Crippen molar-refractivity contribution < 1.29 is 17.6 Å². The zero-order valence-electron chi connectivity index (χ0n) is 16.7. The first kappa shape index (κ1) is 19.7. The Labute approximate surface area is 171 Å². The second kappa shape index (κ2) is 7.67. The van der Waals surface area contributed by atoms with Crippen molar-refractivity contribution in [2.45, 2.75) is 36.8 Å². The van der Waals surface area contributed by atoms with E-state index in [4.69, 9.17) is 4.42 Å². The molecule has 5 nitrogen and oxygen atoms in total. The maximum Gasteiger partial charge on any atom is 0.225 e. The van der Waals surface area contributed by atoms with Gasteiger partial charge in [-0.15, -0.1) is 0 Å². The molecule has 1 aromatic carbocycles. The van der Waals surface area contributed by atoms with E-state index in [1.165, 1.54) is 0 Å². The zero-order valence-corrected chi connectivity index (χ0v) is 17.5. The van der Waals surface area contributed by atoms with Crippen molar-refractivity contribution in [2.75, 3.05) is 13.1 Å². The van der Waals surface area contributed by atoms with Crippen molar-refractivity contribution in [1.82, 2.24) is 4.90 Å². The highest BCUT2D eigenvalue weighted by Crippen LogP contribution is 2.39. The van der Waals surface area contributed by atoms with Crippen LogP contribution in [0.15, 0.2) is 64.1 Å². The van der Waals surface area contributed by atoms with Gasteiger partial charge >= 0.3 is 0 Å². The first-order chi connectivity index (χ1) is 13.9. The highest BCUT2D eigenvalue weighted by Gasteiger charge is 2.35. The van der Waals surface area contributed by atoms with Crippen molar-refractivity contribution in [3.05, 3.63) is 54.8 Å². The molecular weight excluding hydrogens is 386 g/mol. The predicted molar refractivity (Wildman–Crippen MR) is 112 cm³/mol. The number of sulfone groups is 1. The van der Waals surface area contributed by atoms with E-state index in [-0.39, 0.29) is 11.8 Å². The molecule has 4 rings (SSSR count). The van der Waals surface area contributed by atoms with Crippen LogP contribution in [0.1, 0.15) is 26.7 Å². The van der Waals surface area contributed by atoms with Crippen LogP contribution in [-0.4, -0.2) is 37.6 Å². The van der Waals surface area contributed by atoms with Crippen LogP contribution in [0.25, 0.3) is 22.5 Å². The molecular formula is C23H25NO4S. The Hall–Kier alpha value is -2.60. The van der Waals surface area contributed by atoms with Crippen molar-refractivity contribution in [3.8, 4) is 22.5 Å². The van der Waals surface area contributed by atoms with Crippen LogP contribution in [0.3, 0.4) is 0 Å². The van der Waals surface area contributed by atoms with E-state index in [1.807, 2.05) is 50.2 Å². The Balaban J connectivity index is 1.65. The van der Waals surface area contributed by atoms with Crippen molar-refractivity contribution in [2.24, 2.45) is 5.92 Å². The third-order valence-electron chi connectivity index (χ3n) is 5.66. The van der Waals surface area contributed by atoms with Crippen LogP contribution >= 0.6 is 0 Å². The van der Waals surface area contributed by atoms with E-state index in [1.54, 1.807) is 23.3 Å². The molecule has 0 radical (unpaired) electrons. The summed E-state index contributed by atoms with van der Waals surface area (Å²) in [7, 11) is -3.53. The summed E-state index contributed by atoms with van der Waals surface area (Å²) >= 11 is 0. The number of benzene rings is 1. The van der Waals surface area contributed by atoms with Crippen LogP contribution in [0, 0.1) is 5.92 Å². The Morgan fingerprint density at radius 1 is 0.966 bits per heavy atom. The van der Waals surface area contributed by atoms with Crippen LogP contribution in [0.4, 0.5) is 0 Å². The quantitative estimate of drug-likeness (QED) is 0.635. The molecule has 1 aromatic rings. The molecule has 29 heavy (non-hydrogen) atoms. The smallest absolute Gasteiger partial charge is 0.225 e. The van der Waals surface area contributed by atoms with Gasteiger partial charge in [0.15, 0.2) is 9.84 Å². The van der Waals surface area contributed by atoms with Gasteiger partial charge in [0.2, 0.25) is 5.91 Å². The minimum atomic E-state index is -3.53. The molecule has 0 aromatic heterocycles. The summed E-state index contributed by atoms with van der Waals surface area (Å²) < 4.78 is 32.6. The monoisotopic (exact) mass is 411 g/mol. The number of hydrogen-bond acceptors (Lipinski definition) is 4. The van der Waals surface area contributed by atoms with Crippen LogP contribution in [-0.2, 0) is 14.6 Å². The van der Waals surface area contributed by atoms with E-state index in [0.29, 0.717) is 36.4 Å². The number of fused-ring (bicyclic) bond motifs is 1. The van der Waals surface area contributed by atoms with Gasteiger partial charge in [0.1, 0.15) is 5.76 Å². The Bertz CT molecular complexity index is 1090. The number of carbonyl (C=O) groups excluding carboxylic acids is 1. The second-order valence-electron chi connectivity index (χ2n) is 7.86. The van der Waals surface area contributed by atoms with Gasteiger partial charge < -0.3 is 9.32 Å². The number of amides is 1. The van der Waals surface area contributed by atoms with Gasteiger partial charge in [-0.2, -0.15) is 0 Å². The van der Waals surface area contributed by atoms with Gasteiger partial charge in [-0.05, 0) is 48.7 Å². The Morgan fingerprint density at radius 2 is 1.66 bits per heavy atom. The van der Waals surface area contributed by atoms with E-state index in [0.717, 1.165) is 16.9 Å². The first-order valence-electron chi connectivity index (χ1n) is 9.98. The van der Waals surface area contributed by atoms with Gasteiger partial charge in [-0.3, -0.25) is 4.79 Å². The lowest BCUT2D eigenvalue weighted by Gasteiger charge is -2.33. The second-order valence-corrected chi connectivity index (χ2v) is 10.1. The molecule has 2 aliphatic heterocycles. The lowest BCUT2D eigenvalue weighted by molar-refractivity contribution is -0.135. The van der Waals surface area contributed by atoms with Gasteiger partial charge in [-0.1, -0.05) is 32.0 Å². The number of piperidine rings is 1. The molecule has 2 heterocycles. The molecule has 6 heteroatoms. The molecule has 0 atom stereocenters. The molecule has 0 unspecified atom stereocenters. The summed E-state index contributed by atoms with van der Waals surface area (Å²) in [4.78, 5) is 14.4. The Morgan fingerprint density at radius 3 is 2.38 bits per heavy atom. The summed E-state index contributed by atoms with van der Waals surface area (Å²) in [5.41, 5.74) is 2.45. The fraction of sp³-hybridized carbons (Fsp3) is 0.348. The Kier molecular flexibility index (Phi) is 5.21. The largest absolute Gasteiger partial charge is 0.464 e. The van der Waals surface area contributed by atoms with Crippen molar-refractivity contribution in [3.63, 3.8) is 0 Å². The molecule has 3 aliphatic rings. The standard InChI is InChI=1S/C23H25NO4S/c1-16(2)23(25)24-13-11-17(12-14-24)29(26,27)22-8-4-3-6-20(22)18-9-10-21-19(18)7-5-15-28-21/h3-10,15-17H,11-14H2,1-2H3. The fourth-order valence-corrected chi connectivity index (χ4v) is 6.04. The van der Waals surface area contributed by atoms with E-state index in [9.17, 15) is 13.2 Å². The third-order valence-corrected chi connectivity index (χ3v) is 7.98. The minimum Gasteiger partial charge on any atom is -0.464 e. The van der Waals surface area contributed by atoms with Gasteiger partial charge in [-0.25, -0.2) is 8.42 Å². The number of hydrogen-bond donors (Lipinski definition) is 0. The fourth-order valence-electron chi connectivity index (χ4n) is 4.10. The average Bonchev–Trinajstić information content (AvgIpc) is 3.17. The summed E-state index contributed by atoms with van der Waals surface area (Å²) in [6.07, 6.45) is 2.54. The topological polar surface area (TPSA) is 67.6 Å². The summed E-state index contributed by atoms with van der Waals surface area (Å²) in [6.45, 7) is 4.72. The maximum atomic E-state index is 13.5. The van der Waals surface area contributed by atoms with Gasteiger partial charge in [0, 0.05) is 30.1 Å². The highest BCUT2D eigenvalue weighted by atomic mass is 32.2. The van der Waals surface area contributed by atoms with Gasteiger partial charge in [0.25, 0.3) is 0 Å². The van der Waals surface area contributed by atoms with Crippen molar-refractivity contribution >= 4 is 15.7 Å². The predicted octanol–water partition coefficient (Wildman–Crippen LogP) is 4.47. The van der Waals surface area contributed by atoms with Crippen molar-refractivity contribution in [1.29, 1.82) is 0 Å². The number of carbonyl (C=O) groups is 1. The molecule has 0 saturated carbocycles. The molecule has 0 bridgehead atoms. The van der Waals surface area contributed by atoms with Gasteiger partial charge in [0.05, 0.1) is 16.4 Å². The molecule has 1 aliphatic carbocycles. The average molecular weight is 412 g/mol. The van der Waals surface area contributed by atoms with E-state index < -0.39 is 15.1 Å². The highest BCUT2D eigenvalue weighted by molar-refractivity contribution is 7.92. The third kappa shape index (κ3) is 3.57. The lowest BCUT2D eigenvalue weighted by Crippen LogP contribution is -2.44. The number of nitrogens with zero attached hydrogens (tertiary/aromatic N) is 1. The first-order valence-corrected chi connectivity index (χ1v) is 11.5. The number of likely N-dealkylation sites (tertiary alicyclic amines) is 1. The van der Waals surface area contributed by atoms with Crippen LogP contribution < -0.4 is 0 Å². The molecule has 1 fully saturated rings. The van der Waals surface area contributed by atoms with Crippen LogP contribution in [0.2, 0.25) is 0 Å². The zero-order chi connectivity index (χ0) is 20.6. The molecule has 1 saturated heterocycles. The molecule has 152 valence electrons. The molecule has 0 spiro atoms. The summed E-state index contributed by atoms with van der Waals surface area (Å²) in [5, 5.41) is -0.481. The van der Waals surface area contributed by atoms with E-state index >= 15 is 0 Å². The summed E-state index contributed by atoms with van der Waals surface area (Å²) in [5.74, 6) is 0.753. The summed E-state index contributed by atoms with van der Waals surface area (Å²) in [6, 6.07) is 14.7. The molecule has 0 N–H and O–H groups in total.